The molecule has 0 aliphatic rings. The monoisotopic (exact) mass is 400 g/mol. The van der Waals surface area contributed by atoms with Crippen molar-refractivity contribution in [3.8, 4) is 17.2 Å². The molecule has 0 atom stereocenters. The zero-order valence-electron chi connectivity index (χ0n) is 16.5. The van der Waals surface area contributed by atoms with E-state index in [1.807, 2.05) is 13.8 Å². The van der Waals surface area contributed by atoms with Crippen LogP contribution in [0.25, 0.3) is 11.0 Å². The molecular formula is C23H25ClO4. The Kier molecular flexibility index (Phi) is 6.63. The Hall–Kier alpha value is -2.46. The highest BCUT2D eigenvalue weighted by molar-refractivity contribution is 6.32. The number of benzene rings is 2. The molecule has 0 spiro atoms. The lowest BCUT2D eigenvalue weighted by Crippen LogP contribution is -2.05. The highest BCUT2D eigenvalue weighted by atomic mass is 35.5. The first-order valence-electron chi connectivity index (χ1n) is 9.62. The first-order chi connectivity index (χ1) is 13.5. The molecule has 3 aromatic rings. The molecule has 3 rings (SSSR count). The van der Waals surface area contributed by atoms with Gasteiger partial charge in [-0.2, -0.15) is 0 Å². The predicted octanol–water partition coefficient (Wildman–Crippen LogP) is 6.81. The summed E-state index contributed by atoms with van der Waals surface area (Å²) in [6.45, 7) is 6.63. The molecule has 0 amide bonds. The average Bonchev–Trinajstić information content (AvgIpc) is 2.68. The fourth-order valence-corrected chi connectivity index (χ4v) is 3.17. The lowest BCUT2D eigenvalue weighted by Gasteiger charge is -2.10. The summed E-state index contributed by atoms with van der Waals surface area (Å²) in [5, 5.41) is 1.15. The second-order valence-corrected chi connectivity index (χ2v) is 7.35. The summed E-state index contributed by atoms with van der Waals surface area (Å²) in [6.07, 6.45) is 5.92. The molecule has 0 radical (unpaired) electrons. The Bertz CT molecular complexity index is 1000. The van der Waals surface area contributed by atoms with E-state index in [1.54, 1.807) is 30.3 Å². The minimum atomic E-state index is -0.221. The van der Waals surface area contributed by atoms with Crippen molar-refractivity contribution in [2.24, 2.45) is 0 Å². The lowest BCUT2D eigenvalue weighted by molar-refractivity contribution is 0.305. The number of unbranched alkanes of at least 4 members (excludes halogenated alkanes) is 3. The first-order valence-corrected chi connectivity index (χ1v) is 10.0. The number of hydrogen-bond acceptors (Lipinski definition) is 4. The van der Waals surface area contributed by atoms with Gasteiger partial charge in [-0.05, 0) is 55.7 Å². The number of ether oxygens (including phenoxy) is 2. The van der Waals surface area contributed by atoms with Gasteiger partial charge in [-0.3, -0.25) is 4.79 Å². The molecule has 0 saturated carbocycles. The third-order valence-electron chi connectivity index (χ3n) is 4.62. The van der Waals surface area contributed by atoms with E-state index in [1.165, 1.54) is 19.1 Å². The van der Waals surface area contributed by atoms with E-state index in [9.17, 15) is 4.79 Å². The summed E-state index contributed by atoms with van der Waals surface area (Å²) in [5.41, 5.74) is 2.04. The van der Waals surface area contributed by atoms with Gasteiger partial charge in [-0.15, -0.1) is 0 Å². The summed E-state index contributed by atoms with van der Waals surface area (Å²) >= 11 is 6.19. The van der Waals surface area contributed by atoms with Crippen molar-refractivity contribution in [2.75, 3.05) is 6.61 Å². The fourth-order valence-electron chi connectivity index (χ4n) is 3.06. The zero-order valence-corrected chi connectivity index (χ0v) is 17.3. The number of hydrogen-bond donors (Lipinski definition) is 0. The maximum atomic E-state index is 12.8. The van der Waals surface area contributed by atoms with Gasteiger partial charge >= 0.3 is 0 Å². The quantitative estimate of drug-likeness (QED) is 0.389. The highest BCUT2D eigenvalue weighted by Crippen LogP contribution is 2.29. The molecule has 0 saturated heterocycles. The molecule has 148 valence electrons. The molecular weight excluding hydrogens is 376 g/mol. The van der Waals surface area contributed by atoms with E-state index in [0.29, 0.717) is 34.1 Å². The number of fused-ring (bicyclic) bond motifs is 1. The van der Waals surface area contributed by atoms with Crippen LogP contribution in [-0.2, 0) is 0 Å². The number of rotatable bonds is 8. The van der Waals surface area contributed by atoms with E-state index in [-0.39, 0.29) is 11.2 Å². The molecule has 0 fully saturated rings. The SMILES string of the molecule is CCCCCCOc1ccc2c(=O)c(Oc3cc(C)c(Cl)c(C)c3)coc2c1. The van der Waals surface area contributed by atoms with Crippen molar-refractivity contribution in [3.05, 3.63) is 63.0 Å². The maximum Gasteiger partial charge on any atom is 0.235 e. The Morgan fingerprint density at radius 1 is 1.00 bits per heavy atom. The summed E-state index contributed by atoms with van der Waals surface area (Å²) in [7, 11) is 0. The summed E-state index contributed by atoms with van der Waals surface area (Å²) in [4.78, 5) is 12.8. The van der Waals surface area contributed by atoms with Crippen molar-refractivity contribution in [3.63, 3.8) is 0 Å². The van der Waals surface area contributed by atoms with Crippen LogP contribution in [0.1, 0.15) is 43.7 Å². The summed E-state index contributed by atoms with van der Waals surface area (Å²) in [6, 6.07) is 8.85. The molecule has 28 heavy (non-hydrogen) atoms. The van der Waals surface area contributed by atoms with E-state index in [4.69, 9.17) is 25.5 Å². The molecule has 0 aliphatic heterocycles. The average molecular weight is 401 g/mol. The molecule has 4 nitrogen and oxygen atoms in total. The zero-order chi connectivity index (χ0) is 20.1. The van der Waals surface area contributed by atoms with Gasteiger partial charge in [-0.1, -0.05) is 37.8 Å². The third kappa shape index (κ3) is 4.68. The molecule has 1 heterocycles. The second-order valence-electron chi connectivity index (χ2n) is 6.97. The Morgan fingerprint density at radius 2 is 1.75 bits per heavy atom. The molecule has 0 aliphatic carbocycles. The second kappa shape index (κ2) is 9.16. The minimum absolute atomic E-state index is 0.141. The van der Waals surface area contributed by atoms with Crippen LogP contribution < -0.4 is 14.9 Å². The molecule has 2 aromatic carbocycles. The Labute approximate surface area is 170 Å². The normalized spacial score (nSPS) is 11.0. The molecule has 1 aromatic heterocycles. The Balaban J connectivity index is 1.78. The van der Waals surface area contributed by atoms with Crippen LogP contribution >= 0.6 is 11.6 Å². The van der Waals surface area contributed by atoms with Crippen molar-refractivity contribution < 1.29 is 13.9 Å². The minimum Gasteiger partial charge on any atom is -0.493 e. The van der Waals surface area contributed by atoms with Crippen LogP contribution in [0, 0.1) is 13.8 Å². The van der Waals surface area contributed by atoms with E-state index < -0.39 is 0 Å². The number of aryl methyl sites for hydroxylation is 2. The van der Waals surface area contributed by atoms with Crippen molar-refractivity contribution in [2.45, 2.75) is 46.5 Å². The van der Waals surface area contributed by atoms with Gasteiger partial charge in [0, 0.05) is 11.1 Å². The molecule has 0 bridgehead atoms. The van der Waals surface area contributed by atoms with Gasteiger partial charge in [0.1, 0.15) is 23.3 Å². The maximum absolute atomic E-state index is 12.8. The topological polar surface area (TPSA) is 48.7 Å². The van der Waals surface area contributed by atoms with Crippen molar-refractivity contribution >= 4 is 22.6 Å². The van der Waals surface area contributed by atoms with Gasteiger partial charge in [0.2, 0.25) is 11.2 Å². The Morgan fingerprint density at radius 3 is 2.46 bits per heavy atom. The van der Waals surface area contributed by atoms with E-state index >= 15 is 0 Å². The highest BCUT2D eigenvalue weighted by Gasteiger charge is 2.12. The van der Waals surface area contributed by atoms with Crippen LogP contribution in [0.4, 0.5) is 0 Å². The first kappa shape index (κ1) is 20.3. The van der Waals surface area contributed by atoms with Gasteiger partial charge < -0.3 is 13.9 Å². The summed E-state index contributed by atoms with van der Waals surface area (Å²) < 4.78 is 17.2. The van der Waals surface area contributed by atoms with Gasteiger partial charge in [-0.25, -0.2) is 0 Å². The molecule has 0 unspecified atom stereocenters. The fraction of sp³-hybridized carbons (Fsp3) is 0.348. The van der Waals surface area contributed by atoms with Crippen LogP contribution in [0.2, 0.25) is 5.02 Å². The van der Waals surface area contributed by atoms with Crippen LogP contribution in [0.3, 0.4) is 0 Å². The summed E-state index contributed by atoms with van der Waals surface area (Å²) in [5.74, 6) is 1.39. The largest absolute Gasteiger partial charge is 0.493 e. The predicted molar refractivity (Wildman–Crippen MR) is 113 cm³/mol. The van der Waals surface area contributed by atoms with Crippen molar-refractivity contribution in [1.29, 1.82) is 0 Å². The van der Waals surface area contributed by atoms with Crippen LogP contribution in [0.5, 0.6) is 17.2 Å². The smallest absolute Gasteiger partial charge is 0.235 e. The van der Waals surface area contributed by atoms with Gasteiger partial charge in [0.15, 0.2) is 0 Å². The van der Waals surface area contributed by atoms with Crippen molar-refractivity contribution in [1.82, 2.24) is 0 Å². The van der Waals surface area contributed by atoms with E-state index in [2.05, 4.69) is 6.92 Å². The van der Waals surface area contributed by atoms with Crippen LogP contribution in [-0.4, -0.2) is 6.61 Å². The van der Waals surface area contributed by atoms with Crippen LogP contribution in [0.15, 0.2) is 45.8 Å². The van der Waals surface area contributed by atoms with E-state index in [0.717, 1.165) is 24.0 Å². The standard InChI is InChI=1S/C23H25ClO4/c1-4-5-6-7-10-26-17-8-9-19-20(13-17)27-14-21(23(19)25)28-18-11-15(2)22(24)16(3)12-18/h8-9,11-14H,4-7,10H2,1-3H3. The number of halogens is 1. The van der Waals surface area contributed by atoms with Gasteiger partial charge in [0.25, 0.3) is 0 Å². The lowest BCUT2D eigenvalue weighted by atomic mass is 10.1. The third-order valence-corrected chi connectivity index (χ3v) is 5.21. The molecule has 0 N–H and O–H groups in total. The molecule has 5 heteroatoms. The van der Waals surface area contributed by atoms with Gasteiger partial charge in [0.05, 0.1) is 12.0 Å².